The van der Waals surface area contributed by atoms with E-state index in [2.05, 4.69) is 47.8 Å². The van der Waals surface area contributed by atoms with E-state index in [1.165, 1.54) is 12.3 Å². The third-order valence-electron chi connectivity index (χ3n) is 5.34. The molecular formula is C24H21FN8O. The Balaban J connectivity index is 1.48. The Kier molecular flexibility index (Phi) is 5.79. The standard InChI is InChI=1S/C24H21FN8O/c1-2-20(34)32-18-4-3-9-27-23(18)21-17(25)7-5-14-10-29-24(33-22(14)21)31-15-6-8-19(28-13-15)30-16-11-26-12-16/h2-10,13,16,26H,1,11-12H2,(H,28,30)(H,32,34)(H,29,31,33). The Bertz CT molecular complexity index is 1370. The Hall–Kier alpha value is -4.44. The van der Waals surface area contributed by atoms with Crippen molar-refractivity contribution in [2.45, 2.75) is 6.04 Å². The van der Waals surface area contributed by atoms with Crippen LogP contribution in [0, 0.1) is 5.82 Å². The Morgan fingerprint density at radius 1 is 1.12 bits per heavy atom. The molecule has 1 aromatic carbocycles. The summed E-state index contributed by atoms with van der Waals surface area (Å²) in [6, 6.07) is 10.3. The lowest BCUT2D eigenvalue weighted by atomic mass is 10.0. The van der Waals surface area contributed by atoms with Crippen molar-refractivity contribution < 1.29 is 9.18 Å². The molecular weight excluding hydrogens is 435 g/mol. The maximum absolute atomic E-state index is 15.1. The predicted octanol–water partition coefficient (Wildman–Crippen LogP) is 3.48. The third kappa shape index (κ3) is 4.39. The fourth-order valence-electron chi connectivity index (χ4n) is 3.53. The summed E-state index contributed by atoms with van der Waals surface area (Å²) in [6.45, 7) is 5.29. The second-order valence-electron chi connectivity index (χ2n) is 7.70. The maximum Gasteiger partial charge on any atom is 0.247 e. The van der Waals surface area contributed by atoms with Gasteiger partial charge >= 0.3 is 0 Å². The van der Waals surface area contributed by atoms with Crippen molar-refractivity contribution in [3.05, 3.63) is 73.5 Å². The molecule has 1 fully saturated rings. The van der Waals surface area contributed by atoms with Crippen LogP contribution >= 0.6 is 0 Å². The number of nitrogens with one attached hydrogen (secondary N) is 4. The van der Waals surface area contributed by atoms with Gasteiger partial charge in [-0.25, -0.2) is 19.3 Å². The zero-order valence-electron chi connectivity index (χ0n) is 18.0. The molecule has 1 amide bonds. The highest BCUT2D eigenvalue weighted by Gasteiger charge is 2.18. The van der Waals surface area contributed by atoms with Gasteiger partial charge in [0.1, 0.15) is 11.6 Å². The number of hydrogen-bond acceptors (Lipinski definition) is 8. The Morgan fingerprint density at radius 3 is 2.74 bits per heavy atom. The van der Waals surface area contributed by atoms with Gasteiger partial charge in [-0.3, -0.25) is 9.78 Å². The van der Waals surface area contributed by atoms with Crippen LogP contribution in [0.5, 0.6) is 0 Å². The van der Waals surface area contributed by atoms with Crippen LogP contribution in [0.4, 0.5) is 27.5 Å². The number of rotatable bonds is 7. The number of carbonyl (C=O) groups is 1. The zero-order valence-corrected chi connectivity index (χ0v) is 18.0. The van der Waals surface area contributed by atoms with Crippen molar-refractivity contribution in [3.63, 3.8) is 0 Å². The summed E-state index contributed by atoms with van der Waals surface area (Å²) in [7, 11) is 0. The molecule has 4 N–H and O–H groups in total. The molecule has 1 aliphatic rings. The highest BCUT2D eigenvalue weighted by Crippen LogP contribution is 2.34. The van der Waals surface area contributed by atoms with E-state index in [9.17, 15) is 4.79 Å². The SMILES string of the molecule is C=CC(=O)Nc1cccnc1-c1c(F)ccc2cnc(Nc3ccc(NC4CNC4)nc3)nc12. The van der Waals surface area contributed by atoms with Crippen molar-refractivity contribution in [1.29, 1.82) is 0 Å². The lowest BCUT2D eigenvalue weighted by molar-refractivity contribution is -0.111. The zero-order chi connectivity index (χ0) is 23.5. The smallest absolute Gasteiger partial charge is 0.247 e. The van der Waals surface area contributed by atoms with Gasteiger partial charge in [0.05, 0.1) is 40.4 Å². The number of benzene rings is 1. The summed E-state index contributed by atoms with van der Waals surface area (Å²) in [5.41, 5.74) is 1.81. The average Bonchev–Trinajstić information content (AvgIpc) is 2.83. The second-order valence-corrected chi connectivity index (χ2v) is 7.70. The van der Waals surface area contributed by atoms with Gasteiger partial charge in [-0.05, 0) is 42.5 Å². The van der Waals surface area contributed by atoms with E-state index in [0.717, 1.165) is 25.0 Å². The first kappa shape index (κ1) is 21.4. The summed E-state index contributed by atoms with van der Waals surface area (Å²) in [4.78, 5) is 29.5. The molecule has 4 heterocycles. The molecule has 0 bridgehead atoms. The van der Waals surface area contributed by atoms with E-state index in [4.69, 9.17) is 0 Å². The molecule has 10 heteroatoms. The molecule has 5 rings (SSSR count). The summed E-state index contributed by atoms with van der Waals surface area (Å²) in [5, 5.41) is 12.9. The molecule has 170 valence electrons. The minimum atomic E-state index is -0.521. The van der Waals surface area contributed by atoms with Crippen molar-refractivity contribution >= 4 is 40.0 Å². The number of nitrogens with zero attached hydrogens (tertiary/aromatic N) is 4. The van der Waals surface area contributed by atoms with E-state index in [-0.39, 0.29) is 17.2 Å². The van der Waals surface area contributed by atoms with Gasteiger partial charge in [-0.2, -0.15) is 0 Å². The first-order valence-electron chi connectivity index (χ1n) is 10.6. The van der Waals surface area contributed by atoms with E-state index < -0.39 is 11.7 Å². The van der Waals surface area contributed by atoms with Crippen LogP contribution in [0.2, 0.25) is 0 Å². The number of anilines is 4. The molecule has 0 aliphatic carbocycles. The minimum absolute atomic E-state index is 0.162. The van der Waals surface area contributed by atoms with Crippen LogP contribution in [-0.4, -0.2) is 45.0 Å². The fourth-order valence-corrected chi connectivity index (χ4v) is 3.53. The average molecular weight is 456 g/mol. The van der Waals surface area contributed by atoms with Crippen LogP contribution in [0.25, 0.3) is 22.2 Å². The van der Waals surface area contributed by atoms with Crippen molar-refractivity contribution in [1.82, 2.24) is 25.3 Å². The topological polar surface area (TPSA) is 117 Å². The maximum atomic E-state index is 15.1. The van der Waals surface area contributed by atoms with Crippen LogP contribution in [-0.2, 0) is 4.79 Å². The lowest BCUT2D eigenvalue weighted by Gasteiger charge is -2.28. The van der Waals surface area contributed by atoms with Crippen LogP contribution in [0.3, 0.4) is 0 Å². The lowest BCUT2D eigenvalue weighted by Crippen LogP contribution is -2.51. The van der Waals surface area contributed by atoms with Gasteiger partial charge in [0, 0.05) is 30.9 Å². The number of amides is 1. The molecule has 0 atom stereocenters. The molecule has 0 radical (unpaired) electrons. The molecule has 0 unspecified atom stereocenters. The number of pyridine rings is 2. The monoisotopic (exact) mass is 456 g/mol. The van der Waals surface area contributed by atoms with Crippen molar-refractivity contribution in [2.24, 2.45) is 0 Å². The van der Waals surface area contributed by atoms with Crippen molar-refractivity contribution in [3.8, 4) is 11.3 Å². The molecule has 3 aromatic heterocycles. The number of hydrogen-bond donors (Lipinski definition) is 4. The summed E-state index contributed by atoms with van der Waals surface area (Å²) in [5.74, 6) is 0.112. The largest absolute Gasteiger partial charge is 0.365 e. The molecule has 4 aromatic rings. The van der Waals surface area contributed by atoms with Crippen LogP contribution < -0.4 is 21.3 Å². The molecule has 1 aliphatic heterocycles. The van der Waals surface area contributed by atoms with Gasteiger partial charge in [-0.1, -0.05) is 6.58 Å². The van der Waals surface area contributed by atoms with Gasteiger partial charge in [0.15, 0.2) is 0 Å². The van der Waals surface area contributed by atoms with Crippen LogP contribution in [0.15, 0.2) is 67.6 Å². The third-order valence-corrected chi connectivity index (χ3v) is 5.34. The minimum Gasteiger partial charge on any atom is -0.365 e. The first-order valence-corrected chi connectivity index (χ1v) is 10.6. The first-order chi connectivity index (χ1) is 16.6. The van der Waals surface area contributed by atoms with Gasteiger partial charge < -0.3 is 21.3 Å². The van der Waals surface area contributed by atoms with Gasteiger partial charge in [0.2, 0.25) is 11.9 Å². The number of fused-ring (bicyclic) bond motifs is 1. The summed E-state index contributed by atoms with van der Waals surface area (Å²) in [6.07, 6.45) is 5.94. The number of aromatic nitrogens is 4. The second kappa shape index (κ2) is 9.20. The van der Waals surface area contributed by atoms with E-state index in [1.807, 2.05) is 12.1 Å². The van der Waals surface area contributed by atoms with E-state index in [1.54, 1.807) is 30.6 Å². The Morgan fingerprint density at radius 2 is 2.00 bits per heavy atom. The summed E-state index contributed by atoms with van der Waals surface area (Å²) >= 11 is 0. The normalized spacial score (nSPS) is 13.2. The molecule has 34 heavy (non-hydrogen) atoms. The van der Waals surface area contributed by atoms with E-state index in [0.29, 0.717) is 28.3 Å². The number of halogens is 1. The summed E-state index contributed by atoms with van der Waals surface area (Å²) < 4.78 is 15.1. The van der Waals surface area contributed by atoms with Gasteiger partial charge in [0.25, 0.3) is 0 Å². The highest BCUT2D eigenvalue weighted by atomic mass is 19.1. The highest BCUT2D eigenvalue weighted by molar-refractivity contribution is 6.03. The van der Waals surface area contributed by atoms with E-state index >= 15 is 4.39 Å². The molecule has 0 spiro atoms. The predicted molar refractivity (Wildman–Crippen MR) is 129 cm³/mol. The van der Waals surface area contributed by atoms with Gasteiger partial charge in [-0.15, -0.1) is 0 Å². The molecule has 9 nitrogen and oxygen atoms in total. The molecule has 1 saturated heterocycles. The van der Waals surface area contributed by atoms with Crippen LogP contribution in [0.1, 0.15) is 0 Å². The molecule has 0 saturated carbocycles. The quantitative estimate of drug-likeness (QED) is 0.312. The number of carbonyl (C=O) groups excluding carboxylic acids is 1. The fraction of sp³-hybridized carbons (Fsp3) is 0.125. The Labute approximate surface area is 194 Å². The van der Waals surface area contributed by atoms with Crippen molar-refractivity contribution in [2.75, 3.05) is 29.0 Å².